The van der Waals surface area contributed by atoms with Gasteiger partial charge in [-0.2, -0.15) is 0 Å². The molecule has 0 aliphatic carbocycles. The molecule has 2 rings (SSSR count). The Morgan fingerprint density at radius 3 is 2.81 bits per heavy atom. The highest BCUT2D eigenvalue weighted by Gasteiger charge is 2.04. The molecule has 0 spiro atoms. The highest BCUT2D eigenvalue weighted by molar-refractivity contribution is 5.79. The molecule has 1 aromatic rings. The van der Waals surface area contributed by atoms with Crippen molar-refractivity contribution in [2.45, 2.75) is 26.3 Å². The van der Waals surface area contributed by atoms with E-state index in [-0.39, 0.29) is 0 Å². The number of nitrogens with zero attached hydrogens (tertiary/aromatic N) is 1. The van der Waals surface area contributed by atoms with Crippen molar-refractivity contribution in [1.29, 1.82) is 0 Å². The second-order valence-electron chi connectivity index (χ2n) is 5.04. The molecule has 1 aliphatic rings. The summed E-state index contributed by atoms with van der Waals surface area (Å²) in [6.07, 6.45) is 4.30. The van der Waals surface area contributed by atoms with Gasteiger partial charge in [0.15, 0.2) is 5.96 Å². The van der Waals surface area contributed by atoms with E-state index in [0.717, 1.165) is 45.1 Å². The summed E-state index contributed by atoms with van der Waals surface area (Å²) in [5.41, 5.74) is 2.70. The Kier molecular flexibility index (Phi) is 6.81. The molecular weight excluding hydrogens is 262 g/mol. The smallest absolute Gasteiger partial charge is 0.191 e. The van der Waals surface area contributed by atoms with Gasteiger partial charge < -0.3 is 15.4 Å². The molecule has 0 amide bonds. The monoisotopic (exact) mass is 287 g/mol. The van der Waals surface area contributed by atoms with Gasteiger partial charge >= 0.3 is 0 Å². The van der Waals surface area contributed by atoms with Crippen molar-refractivity contribution in [2.75, 3.05) is 26.3 Å². The van der Waals surface area contributed by atoms with Crippen LogP contribution < -0.4 is 10.6 Å². The molecule has 2 N–H and O–H groups in total. The van der Waals surface area contributed by atoms with E-state index in [2.05, 4.69) is 40.8 Å². The Morgan fingerprint density at radius 2 is 2.10 bits per heavy atom. The second kappa shape index (κ2) is 9.19. The lowest BCUT2D eigenvalue weighted by Gasteiger charge is -2.15. The van der Waals surface area contributed by atoms with E-state index >= 15 is 0 Å². The number of hydrogen-bond donors (Lipinski definition) is 2. The highest BCUT2D eigenvalue weighted by Crippen LogP contribution is 2.10. The fourth-order valence-electron chi connectivity index (χ4n) is 2.23. The van der Waals surface area contributed by atoms with Crippen LogP contribution >= 0.6 is 0 Å². The largest absolute Gasteiger partial charge is 0.377 e. The van der Waals surface area contributed by atoms with E-state index in [9.17, 15) is 0 Å². The third-order valence-corrected chi connectivity index (χ3v) is 3.40. The fraction of sp³-hybridized carbons (Fsp3) is 0.471. The Balaban J connectivity index is 1.79. The van der Waals surface area contributed by atoms with Gasteiger partial charge in [0, 0.05) is 13.1 Å². The first kappa shape index (κ1) is 15.6. The van der Waals surface area contributed by atoms with Crippen LogP contribution in [0.2, 0.25) is 0 Å². The van der Waals surface area contributed by atoms with Crippen molar-refractivity contribution in [2.24, 2.45) is 4.99 Å². The zero-order chi connectivity index (χ0) is 14.8. The minimum atomic E-state index is 0.701. The molecule has 0 fully saturated rings. The normalized spacial score (nSPS) is 15.5. The highest BCUT2D eigenvalue weighted by atomic mass is 16.5. The summed E-state index contributed by atoms with van der Waals surface area (Å²) in [6, 6.07) is 10.3. The lowest BCUT2D eigenvalue weighted by Crippen LogP contribution is -2.38. The fourth-order valence-corrected chi connectivity index (χ4v) is 2.23. The number of nitrogens with one attached hydrogen (secondary N) is 2. The minimum absolute atomic E-state index is 0.701. The van der Waals surface area contributed by atoms with Gasteiger partial charge in [-0.25, -0.2) is 4.99 Å². The summed E-state index contributed by atoms with van der Waals surface area (Å²) in [6.45, 7) is 6.18. The van der Waals surface area contributed by atoms with Crippen LogP contribution in [0.1, 0.15) is 25.3 Å². The molecule has 1 aliphatic heterocycles. The van der Waals surface area contributed by atoms with Gasteiger partial charge in [0.2, 0.25) is 0 Å². The zero-order valence-corrected chi connectivity index (χ0v) is 12.8. The third kappa shape index (κ3) is 6.00. The van der Waals surface area contributed by atoms with E-state index in [1.807, 2.05) is 18.2 Å². The van der Waals surface area contributed by atoms with Crippen molar-refractivity contribution in [3.05, 3.63) is 47.5 Å². The van der Waals surface area contributed by atoms with Crippen LogP contribution in [-0.4, -0.2) is 32.3 Å². The maximum atomic E-state index is 5.32. The Bertz CT molecular complexity index is 468. The number of aliphatic imine (C=N–C) groups is 1. The van der Waals surface area contributed by atoms with Crippen molar-refractivity contribution in [1.82, 2.24) is 10.6 Å². The van der Waals surface area contributed by atoms with Crippen molar-refractivity contribution in [3.63, 3.8) is 0 Å². The summed E-state index contributed by atoms with van der Waals surface area (Å²) < 4.78 is 5.32. The van der Waals surface area contributed by atoms with E-state index in [1.54, 1.807) is 0 Å². The van der Waals surface area contributed by atoms with Crippen LogP contribution in [-0.2, 0) is 11.3 Å². The number of guanidine groups is 1. The Morgan fingerprint density at radius 1 is 1.24 bits per heavy atom. The van der Waals surface area contributed by atoms with Crippen LogP contribution in [0.3, 0.4) is 0 Å². The third-order valence-electron chi connectivity index (χ3n) is 3.40. The molecule has 0 saturated heterocycles. The Hall–Kier alpha value is -1.81. The first-order chi connectivity index (χ1) is 10.4. The molecule has 0 aromatic heterocycles. The number of hydrogen-bond acceptors (Lipinski definition) is 2. The zero-order valence-electron chi connectivity index (χ0n) is 12.8. The molecule has 1 heterocycles. The molecule has 1 aromatic carbocycles. The minimum Gasteiger partial charge on any atom is -0.377 e. The summed E-state index contributed by atoms with van der Waals surface area (Å²) >= 11 is 0. The summed E-state index contributed by atoms with van der Waals surface area (Å²) in [5, 5.41) is 6.68. The van der Waals surface area contributed by atoms with Gasteiger partial charge in [-0.3, -0.25) is 0 Å². The quantitative estimate of drug-likeness (QED) is 0.480. The standard InChI is InChI=1S/C17H25N3O/c1-2-18-17(20-14-16-6-4-3-5-7-16)19-11-8-15-9-12-21-13-10-15/h3-7,9H,2,8,10-14H2,1H3,(H2,18,19,20). The topological polar surface area (TPSA) is 45.7 Å². The molecule has 21 heavy (non-hydrogen) atoms. The maximum absolute atomic E-state index is 5.32. The van der Waals surface area contributed by atoms with Crippen molar-refractivity contribution < 1.29 is 4.74 Å². The lowest BCUT2D eigenvalue weighted by molar-refractivity contribution is 0.153. The average Bonchev–Trinajstić information content (AvgIpc) is 2.54. The van der Waals surface area contributed by atoms with Crippen LogP contribution in [0.5, 0.6) is 0 Å². The van der Waals surface area contributed by atoms with E-state index in [4.69, 9.17) is 4.74 Å². The van der Waals surface area contributed by atoms with Gasteiger partial charge in [0.1, 0.15) is 0 Å². The molecule has 0 radical (unpaired) electrons. The molecule has 0 saturated carbocycles. The lowest BCUT2D eigenvalue weighted by atomic mass is 10.1. The predicted molar refractivity (Wildman–Crippen MR) is 87.4 cm³/mol. The molecule has 4 nitrogen and oxygen atoms in total. The summed E-state index contributed by atoms with van der Waals surface area (Å²) in [4.78, 5) is 4.62. The summed E-state index contributed by atoms with van der Waals surface area (Å²) in [7, 11) is 0. The molecule has 4 heteroatoms. The first-order valence-corrected chi connectivity index (χ1v) is 7.70. The van der Waals surface area contributed by atoms with Crippen LogP contribution in [0.4, 0.5) is 0 Å². The number of ether oxygens (including phenoxy) is 1. The van der Waals surface area contributed by atoms with E-state index in [1.165, 1.54) is 11.1 Å². The predicted octanol–water partition coefficient (Wildman–Crippen LogP) is 2.48. The van der Waals surface area contributed by atoms with Crippen LogP contribution in [0, 0.1) is 0 Å². The Labute approximate surface area is 127 Å². The average molecular weight is 287 g/mol. The maximum Gasteiger partial charge on any atom is 0.191 e. The first-order valence-electron chi connectivity index (χ1n) is 7.70. The molecule has 0 bridgehead atoms. The molecule has 114 valence electrons. The van der Waals surface area contributed by atoms with Crippen LogP contribution in [0.15, 0.2) is 47.0 Å². The number of rotatable bonds is 6. The van der Waals surface area contributed by atoms with Gasteiger partial charge in [-0.05, 0) is 25.3 Å². The van der Waals surface area contributed by atoms with Gasteiger partial charge in [-0.15, -0.1) is 0 Å². The van der Waals surface area contributed by atoms with E-state index < -0.39 is 0 Å². The van der Waals surface area contributed by atoms with Crippen molar-refractivity contribution >= 4 is 5.96 Å². The number of benzene rings is 1. The SMILES string of the molecule is CCNC(=NCc1ccccc1)NCCC1=CCOCC1. The van der Waals surface area contributed by atoms with Gasteiger partial charge in [0.05, 0.1) is 19.8 Å². The van der Waals surface area contributed by atoms with Crippen molar-refractivity contribution in [3.8, 4) is 0 Å². The van der Waals surface area contributed by atoms with Crippen LogP contribution in [0.25, 0.3) is 0 Å². The van der Waals surface area contributed by atoms with Gasteiger partial charge in [0.25, 0.3) is 0 Å². The summed E-state index contributed by atoms with van der Waals surface area (Å²) in [5.74, 6) is 0.883. The molecular formula is C17H25N3O. The van der Waals surface area contributed by atoms with E-state index in [0.29, 0.717) is 6.54 Å². The molecule has 0 unspecified atom stereocenters. The van der Waals surface area contributed by atoms with Gasteiger partial charge in [-0.1, -0.05) is 42.0 Å². The molecule has 0 atom stereocenters. The second-order valence-corrected chi connectivity index (χ2v) is 5.04.